The van der Waals surface area contributed by atoms with Gasteiger partial charge in [-0.2, -0.15) is 0 Å². The number of nitrogens with zero attached hydrogens (tertiary/aromatic N) is 2. The molecule has 0 fully saturated rings. The molecule has 0 bridgehead atoms. The average molecular weight is 1310 g/mol. The molecule has 28 nitrogen and oxygen atoms in total. The Morgan fingerprint density at radius 1 is 0.495 bits per heavy atom. The third-order valence-corrected chi connectivity index (χ3v) is 17.8. The number of amides is 9. The zero-order valence-corrected chi connectivity index (χ0v) is 53.9. The Labute approximate surface area is 541 Å². The molecule has 506 valence electrons. The van der Waals surface area contributed by atoms with Crippen LogP contribution in [0.3, 0.4) is 0 Å². The van der Waals surface area contributed by atoms with E-state index in [-0.39, 0.29) is 63.8 Å². The molecule has 2 heterocycles. The Kier molecular flexibility index (Phi) is 31.5. The summed E-state index contributed by atoms with van der Waals surface area (Å²) in [5, 5.41) is 31.7. The zero-order valence-electron chi connectivity index (χ0n) is 53.0. The Morgan fingerprint density at radius 3 is 1.31 bits per heavy atom. The second-order valence-corrected chi connectivity index (χ2v) is 26.1. The number of rotatable bonds is 42. The van der Waals surface area contributed by atoms with E-state index in [2.05, 4.69) is 62.5 Å². The molecule has 0 spiro atoms. The standard InChI is InChI=1S/C64H93N16O12P/c1-40(2)29-45(37-93(91,92)55(67)26-25-42-17-7-4-8-18-42)58(84)75-49(24-14-16-28-66)59(85)78-53(33-47-35-70-39-72-47)63(89)79-52(32-46-34-69-38-71-46)60(86)73-41(3)57(83)76-50(30-43-19-9-5-10-20-43)62(88)80-54(36-81)64(90)77-51(31-44-21-11-6-12-22-44)61(87)74-48(56(68)82)23-13-15-27-65/h4-12,17-22,34-35,38-41,45,48-55,81H,13-16,23-33,36-37,65-67H2,1-3H3,(H2,68,82)(H,69,71)(H,70,72)(H,73,86)(H,74,87)(H,75,84)(H,76,83)(H,77,90)(H,78,85)(H,79,89)(H,80,88)(H,91,92)/t41-,45+,48-,49-,50-,51-,52-,53-,54-,55+/m0/s1. The van der Waals surface area contributed by atoms with Crippen LogP contribution in [0.25, 0.3) is 0 Å². The summed E-state index contributed by atoms with van der Waals surface area (Å²) in [6.07, 6.45) is 7.47. The first-order valence-corrected chi connectivity index (χ1v) is 33.3. The van der Waals surface area contributed by atoms with Gasteiger partial charge in [-0.25, -0.2) is 9.97 Å². The number of aromatic nitrogens is 4. The predicted molar refractivity (Wildman–Crippen MR) is 348 cm³/mol. The molecule has 93 heavy (non-hydrogen) atoms. The molecule has 2 aromatic heterocycles. The number of aliphatic hydroxyl groups is 1. The number of hydrogen-bond donors (Lipinski definition) is 16. The Bertz CT molecular complexity index is 3180. The summed E-state index contributed by atoms with van der Waals surface area (Å²) in [7, 11) is -4.14. The fraction of sp³-hybridized carbons (Fsp3) is 0.484. The summed E-state index contributed by atoms with van der Waals surface area (Å²) in [6, 6.07) is 15.4. The first kappa shape index (κ1) is 75.1. The van der Waals surface area contributed by atoms with Crippen LogP contribution in [0.15, 0.2) is 116 Å². The SMILES string of the molecule is CC(C)C[C@H](CP(=O)(O)[C@@H](N)CCc1ccccc1)C(=O)N[C@@H](CCCCN)C(=O)N[C@@H](Cc1cnc[nH]1)C(=O)N[C@@H](Cc1cnc[nH]1)C(=O)N[C@@H](C)C(=O)N[C@@H](Cc1ccccc1)C(=O)N[C@@H](CO)C(=O)N[C@@H](Cc1ccccc1)C(=O)N[C@@H](CCCCN)C(N)=O. The minimum atomic E-state index is -4.14. The van der Waals surface area contributed by atoms with Gasteiger partial charge in [0.05, 0.1) is 25.0 Å². The quantitative estimate of drug-likeness (QED) is 0.0179. The van der Waals surface area contributed by atoms with Crippen molar-refractivity contribution >= 4 is 60.5 Å². The van der Waals surface area contributed by atoms with Crippen molar-refractivity contribution in [3.8, 4) is 0 Å². The van der Waals surface area contributed by atoms with Crippen molar-refractivity contribution < 1.29 is 57.7 Å². The van der Waals surface area contributed by atoms with Crippen LogP contribution in [-0.4, -0.2) is 163 Å². The summed E-state index contributed by atoms with van der Waals surface area (Å²) < 4.78 is 13.9. The first-order valence-electron chi connectivity index (χ1n) is 31.4. The van der Waals surface area contributed by atoms with Crippen LogP contribution >= 0.6 is 7.37 Å². The maximum Gasteiger partial charge on any atom is 0.245 e. The van der Waals surface area contributed by atoms with Crippen LogP contribution in [-0.2, 0) is 79.8 Å². The molecule has 9 amide bonds. The van der Waals surface area contributed by atoms with Crippen LogP contribution < -0.4 is 65.5 Å². The van der Waals surface area contributed by atoms with Crippen molar-refractivity contribution in [1.29, 1.82) is 0 Å². The van der Waals surface area contributed by atoms with E-state index >= 15 is 0 Å². The molecule has 0 radical (unpaired) electrons. The van der Waals surface area contributed by atoms with Crippen molar-refractivity contribution in [1.82, 2.24) is 62.5 Å². The maximum absolute atomic E-state index is 14.7. The third kappa shape index (κ3) is 26.1. The van der Waals surface area contributed by atoms with E-state index in [4.69, 9.17) is 22.9 Å². The zero-order chi connectivity index (χ0) is 67.9. The van der Waals surface area contributed by atoms with Crippen LogP contribution in [0.4, 0.5) is 0 Å². The molecule has 11 atom stereocenters. The fourth-order valence-electron chi connectivity index (χ4n) is 10.3. The van der Waals surface area contributed by atoms with Gasteiger partial charge in [0.15, 0.2) is 0 Å². The topological polar surface area (TPSA) is 469 Å². The van der Waals surface area contributed by atoms with Gasteiger partial charge in [-0.05, 0) is 100 Å². The Hall–Kier alpha value is -8.66. The minimum absolute atomic E-state index is 0.0612. The number of carbonyl (C=O) groups is 9. The van der Waals surface area contributed by atoms with E-state index in [1.165, 1.54) is 32.0 Å². The normalized spacial score (nSPS) is 15.2. The van der Waals surface area contributed by atoms with Gasteiger partial charge in [0.1, 0.15) is 48.3 Å². The highest BCUT2D eigenvalue weighted by Crippen LogP contribution is 2.48. The molecule has 29 heteroatoms. The molecule has 0 saturated carbocycles. The van der Waals surface area contributed by atoms with Gasteiger partial charge in [0, 0.05) is 61.5 Å². The molecule has 0 aliphatic carbocycles. The van der Waals surface area contributed by atoms with Gasteiger partial charge >= 0.3 is 0 Å². The van der Waals surface area contributed by atoms with Crippen molar-refractivity contribution in [2.45, 2.75) is 158 Å². The van der Waals surface area contributed by atoms with E-state index in [0.717, 1.165) is 5.56 Å². The number of benzene rings is 3. The molecule has 3 aromatic carbocycles. The lowest BCUT2D eigenvalue weighted by Crippen LogP contribution is -2.61. The summed E-state index contributed by atoms with van der Waals surface area (Å²) in [4.78, 5) is 152. The van der Waals surface area contributed by atoms with Crippen molar-refractivity contribution in [2.75, 3.05) is 25.9 Å². The molecule has 5 aromatic rings. The highest BCUT2D eigenvalue weighted by molar-refractivity contribution is 7.58. The largest absolute Gasteiger partial charge is 0.394 e. The van der Waals surface area contributed by atoms with Crippen LogP contribution in [0, 0.1) is 11.8 Å². The van der Waals surface area contributed by atoms with Gasteiger partial charge < -0.3 is 85.4 Å². The number of nitrogens with two attached hydrogens (primary N) is 4. The van der Waals surface area contributed by atoms with E-state index in [9.17, 15) is 57.7 Å². The van der Waals surface area contributed by atoms with E-state index in [1.54, 1.807) is 60.7 Å². The monoisotopic (exact) mass is 1310 g/mol. The molecule has 0 saturated heterocycles. The predicted octanol–water partition coefficient (Wildman–Crippen LogP) is -0.112. The number of imidazole rings is 2. The summed E-state index contributed by atoms with van der Waals surface area (Å²) in [6.45, 7) is 4.71. The van der Waals surface area contributed by atoms with Crippen LogP contribution in [0.2, 0.25) is 0 Å². The summed E-state index contributed by atoms with van der Waals surface area (Å²) in [5.74, 6) is -9.82. The molecule has 0 aliphatic rings. The van der Waals surface area contributed by atoms with Crippen LogP contribution in [0.5, 0.6) is 0 Å². The number of hydrogen-bond acceptors (Lipinski definition) is 16. The molecular formula is C64H93N16O12P. The van der Waals surface area contributed by atoms with Crippen molar-refractivity contribution in [2.24, 2.45) is 34.8 Å². The lowest BCUT2D eigenvalue weighted by atomic mass is 9.97. The highest BCUT2D eigenvalue weighted by atomic mass is 31.2. The average Bonchev–Trinajstić information content (AvgIpc) is 1.36. The number of nitrogens with one attached hydrogen (secondary N) is 10. The lowest BCUT2D eigenvalue weighted by molar-refractivity contribution is -0.136. The van der Waals surface area contributed by atoms with Gasteiger partial charge in [-0.15, -0.1) is 0 Å². The maximum atomic E-state index is 14.7. The van der Waals surface area contributed by atoms with Gasteiger partial charge in [-0.3, -0.25) is 47.7 Å². The van der Waals surface area contributed by atoms with Gasteiger partial charge in [-0.1, -0.05) is 105 Å². The highest BCUT2D eigenvalue weighted by Gasteiger charge is 2.38. The molecular weight excluding hydrogens is 1220 g/mol. The number of carbonyl (C=O) groups excluding carboxylic acids is 9. The molecule has 20 N–H and O–H groups in total. The lowest BCUT2D eigenvalue weighted by Gasteiger charge is -2.28. The van der Waals surface area contributed by atoms with Crippen LogP contribution in [0.1, 0.15) is 100 Å². The van der Waals surface area contributed by atoms with Crippen molar-refractivity contribution in [3.05, 3.63) is 144 Å². The van der Waals surface area contributed by atoms with E-state index in [0.29, 0.717) is 61.2 Å². The second-order valence-electron chi connectivity index (χ2n) is 23.6. The molecule has 5 rings (SSSR count). The molecule has 0 aliphatic heterocycles. The van der Waals surface area contributed by atoms with Gasteiger partial charge in [0.2, 0.25) is 60.5 Å². The molecule has 1 unspecified atom stereocenters. The summed E-state index contributed by atoms with van der Waals surface area (Å²) >= 11 is 0. The second kappa shape index (κ2) is 39.0. The van der Waals surface area contributed by atoms with Crippen molar-refractivity contribution in [3.63, 3.8) is 0 Å². The number of aryl methyl sites for hydroxylation is 1. The van der Waals surface area contributed by atoms with E-state index in [1.807, 2.05) is 44.2 Å². The number of aromatic amines is 2. The fourth-order valence-corrected chi connectivity index (χ4v) is 12.0. The number of H-pyrrole nitrogens is 2. The Morgan fingerprint density at radius 2 is 0.882 bits per heavy atom. The smallest absolute Gasteiger partial charge is 0.245 e. The number of primary amides is 1. The van der Waals surface area contributed by atoms with Gasteiger partial charge in [0.25, 0.3) is 0 Å². The minimum Gasteiger partial charge on any atom is -0.394 e. The first-order chi connectivity index (χ1) is 44.5. The van der Waals surface area contributed by atoms with E-state index < -0.39 is 133 Å². The number of unbranched alkanes of at least 4 members (excludes halogenated alkanes) is 2. The Balaban J connectivity index is 1.33. The third-order valence-electron chi connectivity index (χ3n) is 15.5. The summed E-state index contributed by atoms with van der Waals surface area (Å²) in [5.41, 5.74) is 26.3. The number of aliphatic hydroxyl groups excluding tert-OH is 1.